The van der Waals surface area contributed by atoms with Gasteiger partial charge in [-0.2, -0.15) is 0 Å². The van der Waals surface area contributed by atoms with Crippen LogP contribution in [0.4, 0.5) is 5.13 Å². The number of hydrogen-bond donors (Lipinski definition) is 1. The van der Waals surface area contributed by atoms with Crippen LogP contribution >= 0.6 is 11.3 Å². The van der Waals surface area contributed by atoms with Gasteiger partial charge in [0, 0.05) is 12.0 Å². The number of Topliss-reactive ketones (excluding diaryl/α,β-unsaturated/α-hetero) is 1. The number of rotatable bonds is 9. The van der Waals surface area contributed by atoms with E-state index in [1.807, 2.05) is 6.92 Å². The van der Waals surface area contributed by atoms with E-state index in [-0.39, 0.29) is 40.7 Å². The first-order valence-electron chi connectivity index (χ1n) is 12.9. The normalized spacial score (nSPS) is 19.0. The Morgan fingerprint density at radius 3 is 2.73 bits per heavy atom. The van der Waals surface area contributed by atoms with E-state index >= 15 is 0 Å². The van der Waals surface area contributed by atoms with Crippen LogP contribution in [0.5, 0.6) is 11.5 Å². The second kappa shape index (κ2) is 11.4. The fourth-order valence-electron chi connectivity index (χ4n) is 4.87. The minimum atomic E-state index is -1.05. The SMILES string of the molecule is C=CCOC(=O)c1sc(N2C(=O)C(=O)/C(=C(/O)c3ccc4c(c3)C[C@H](C)O4)[C@@H]2c2cccc(OCC=C)c2)nc1C. The summed E-state index contributed by atoms with van der Waals surface area (Å²) in [5.41, 5.74) is 2.02. The number of aryl methyl sites for hydroxylation is 1. The van der Waals surface area contributed by atoms with Gasteiger partial charge < -0.3 is 19.3 Å². The zero-order valence-corrected chi connectivity index (χ0v) is 23.4. The Morgan fingerprint density at radius 1 is 1.20 bits per heavy atom. The smallest absolute Gasteiger partial charge is 0.350 e. The molecule has 2 aliphatic rings. The first kappa shape index (κ1) is 27.9. The van der Waals surface area contributed by atoms with Gasteiger partial charge in [-0.3, -0.25) is 14.5 Å². The third-order valence-electron chi connectivity index (χ3n) is 6.66. The second-order valence-electron chi connectivity index (χ2n) is 9.59. The zero-order chi connectivity index (χ0) is 29.3. The van der Waals surface area contributed by atoms with Crippen molar-refractivity contribution in [2.24, 2.45) is 0 Å². The monoisotopic (exact) mass is 572 g/mol. The van der Waals surface area contributed by atoms with E-state index in [1.54, 1.807) is 55.5 Å². The van der Waals surface area contributed by atoms with Crippen molar-refractivity contribution in [2.75, 3.05) is 18.1 Å². The summed E-state index contributed by atoms with van der Waals surface area (Å²) in [4.78, 5) is 45.7. The molecule has 1 N–H and O–H groups in total. The molecule has 3 heterocycles. The summed E-state index contributed by atoms with van der Waals surface area (Å²) in [5, 5.41) is 11.7. The number of thiazole rings is 1. The van der Waals surface area contributed by atoms with E-state index in [2.05, 4.69) is 18.1 Å². The van der Waals surface area contributed by atoms with Gasteiger partial charge in [-0.15, -0.1) is 0 Å². The molecule has 0 bridgehead atoms. The molecule has 1 amide bonds. The van der Waals surface area contributed by atoms with Gasteiger partial charge in [0.2, 0.25) is 0 Å². The minimum Gasteiger partial charge on any atom is -0.507 e. The van der Waals surface area contributed by atoms with Crippen LogP contribution in [0.15, 0.2) is 73.3 Å². The molecule has 5 rings (SSSR count). The molecule has 9 nitrogen and oxygen atoms in total. The number of aliphatic hydroxyl groups is 1. The predicted molar refractivity (Wildman–Crippen MR) is 154 cm³/mol. The maximum Gasteiger partial charge on any atom is 0.350 e. The van der Waals surface area contributed by atoms with Crippen molar-refractivity contribution in [1.29, 1.82) is 0 Å². The summed E-state index contributed by atoms with van der Waals surface area (Å²) in [6.45, 7) is 11.0. The van der Waals surface area contributed by atoms with E-state index in [0.717, 1.165) is 16.9 Å². The summed E-state index contributed by atoms with van der Waals surface area (Å²) in [6.07, 6.45) is 3.69. The van der Waals surface area contributed by atoms with Crippen molar-refractivity contribution in [2.45, 2.75) is 32.4 Å². The number of nitrogens with zero attached hydrogens (tertiary/aromatic N) is 2. The lowest BCUT2D eigenvalue weighted by Crippen LogP contribution is -2.29. The quantitative estimate of drug-likeness (QED) is 0.121. The van der Waals surface area contributed by atoms with Gasteiger partial charge in [0.25, 0.3) is 5.78 Å². The Balaban J connectivity index is 1.65. The number of anilines is 1. The minimum absolute atomic E-state index is 0.00760. The van der Waals surface area contributed by atoms with Crippen LogP contribution in [0.3, 0.4) is 0 Å². The maximum atomic E-state index is 13.6. The van der Waals surface area contributed by atoms with E-state index in [9.17, 15) is 19.5 Å². The fraction of sp³-hybridized carbons (Fsp3) is 0.226. The number of esters is 1. The van der Waals surface area contributed by atoms with Gasteiger partial charge in [-0.05, 0) is 55.3 Å². The van der Waals surface area contributed by atoms with E-state index in [0.29, 0.717) is 34.7 Å². The van der Waals surface area contributed by atoms with Crippen molar-refractivity contribution in [3.63, 3.8) is 0 Å². The molecule has 1 aromatic heterocycles. The lowest BCUT2D eigenvalue weighted by molar-refractivity contribution is -0.132. The number of fused-ring (bicyclic) bond motifs is 1. The third kappa shape index (κ3) is 5.26. The Morgan fingerprint density at radius 2 is 1.98 bits per heavy atom. The molecule has 1 fully saturated rings. The van der Waals surface area contributed by atoms with E-state index in [1.165, 1.54) is 11.0 Å². The summed E-state index contributed by atoms with van der Waals surface area (Å²) in [7, 11) is 0. The van der Waals surface area contributed by atoms with Crippen molar-refractivity contribution in [3.05, 3.63) is 101 Å². The van der Waals surface area contributed by atoms with Gasteiger partial charge in [0.15, 0.2) is 5.13 Å². The van der Waals surface area contributed by atoms with Crippen molar-refractivity contribution < 1.29 is 33.7 Å². The Hall–Kier alpha value is -4.70. The van der Waals surface area contributed by atoms with Crippen LogP contribution in [0.1, 0.15) is 45.0 Å². The Labute approximate surface area is 241 Å². The van der Waals surface area contributed by atoms with Gasteiger partial charge >= 0.3 is 11.9 Å². The molecule has 0 radical (unpaired) electrons. The molecule has 0 unspecified atom stereocenters. The lowest BCUT2D eigenvalue weighted by Gasteiger charge is -2.23. The van der Waals surface area contributed by atoms with Crippen molar-refractivity contribution >= 4 is 39.9 Å². The Bertz CT molecular complexity index is 1610. The van der Waals surface area contributed by atoms with Gasteiger partial charge in [-0.25, -0.2) is 9.78 Å². The first-order chi connectivity index (χ1) is 19.7. The molecule has 2 atom stereocenters. The number of amides is 1. The summed E-state index contributed by atoms with van der Waals surface area (Å²) < 4.78 is 16.6. The number of ether oxygens (including phenoxy) is 3. The first-order valence-corrected chi connectivity index (χ1v) is 13.7. The number of carbonyl (C=O) groups is 3. The highest BCUT2D eigenvalue weighted by molar-refractivity contribution is 7.17. The molecule has 0 spiro atoms. The molecule has 10 heteroatoms. The molecular formula is C31H28N2O7S. The largest absolute Gasteiger partial charge is 0.507 e. The number of hydrogen-bond acceptors (Lipinski definition) is 9. The fourth-order valence-corrected chi connectivity index (χ4v) is 5.86. The molecule has 3 aromatic rings. The molecule has 0 aliphatic carbocycles. The van der Waals surface area contributed by atoms with Crippen LogP contribution in [-0.2, 0) is 20.7 Å². The zero-order valence-electron chi connectivity index (χ0n) is 22.6. The third-order valence-corrected chi connectivity index (χ3v) is 7.80. The molecule has 41 heavy (non-hydrogen) atoms. The molecule has 2 aromatic carbocycles. The van der Waals surface area contributed by atoms with Crippen LogP contribution in [0.25, 0.3) is 5.76 Å². The second-order valence-corrected chi connectivity index (χ2v) is 10.6. The van der Waals surface area contributed by atoms with Crippen LogP contribution < -0.4 is 14.4 Å². The van der Waals surface area contributed by atoms with Crippen molar-refractivity contribution in [3.8, 4) is 11.5 Å². The lowest BCUT2D eigenvalue weighted by atomic mass is 9.94. The maximum absolute atomic E-state index is 13.6. The predicted octanol–water partition coefficient (Wildman–Crippen LogP) is 5.31. The highest BCUT2D eigenvalue weighted by Crippen LogP contribution is 2.45. The van der Waals surface area contributed by atoms with Crippen molar-refractivity contribution in [1.82, 2.24) is 4.98 Å². The van der Waals surface area contributed by atoms with E-state index < -0.39 is 23.7 Å². The number of benzene rings is 2. The summed E-state index contributed by atoms with van der Waals surface area (Å²) in [6, 6.07) is 11.0. The number of aromatic nitrogens is 1. The standard InChI is InChI=1S/C31H28N2O7S/c1-5-12-38-22-9-7-8-19(16-22)25-24(26(34)20-10-11-23-21(15-20)14-17(3)40-23)27(35)29(36)33(25)31-32-18(4)28(41-31)30(37)39-13-6-2/h5-11,15-17,25,34H,1-2,12-14H2,3-4H3/b26-24+/t17-,25-/m0/s1. The summed E-state index contributed by atoms with van der Waals surface area (Å²) in [5.74, 6) is -1.50. The topological polar surface area (TPSA) is 115 Å². The van der Waals surface area contributed by atoms with Gasteiger partial charge in [0.1, 0.15) is 41.5 Å². The van der Waals surface area contributed by atoms with E-state index in [4.69, 9.17) is 14.2 Å². The molecule has 2 aliphatic heterocycles. The van der Waals surface area contributed by atoms with Gasteiger partial charge in [-0.1, -0.05) is 48.8 Å². The molecule has 1 saturated heterocycles. The number of ketones is 1. The van der Waals surface area contributed by atoms with Crippen LogP contribution in [-0.4, -0.2) is 47.1 Å². The molecular weight excluding hydrogens is 544 g/mol. The summed E-state index contributed by atoms with van der Waals surface area (Å²) >= 11 is 0.931. The molecule has 0 saturated carbocycles. The van der Waals surface area contributed by atoms with Crippen LogP contribution in [0, 0.1) is 6.92 Å². The van der Waals surface area contributed by atoms with Crippen LogP contribution in [0.2, 0.25) is 0 Å². The van der Waals surface area contributed by atoms with Gasteiger partial charge in [0.05, 0.1) is 17.3 Å². The average Bonchev–Trinajstić information content (AvgIpc) is 3.61. The number of aliphatic hydroxyl groups excluding tert-OH is 1. The Kier molecular flexibility index (Phi) is 7.76. The highest BCUT2D eigenvalue weighted by atomic mass is 32.1. The highest BCUT2D eigenvalue weighted by Gasteiger charge is 2.48. The molecule has 210 valence electrons. The average molecular weight is 573 g/mol. The number of carbonyl (C=O) groups excluding carboxylic acids is 3.